The number of hydrogen-bond donors (Lipinski definition) is 2. The zero-order valence-electron chi connectivity index (χ0n) is 11.2. The second-order valence-electron chi connectivity index (χ2n) is 5.05. The molecule has 0 amide bonds. The number of aliphatic imine (C=N–C) groups is 1. The van der Waals surface area contributed by atoms with Gasteiger partial charge in [0.2, 0.25) is 0 Å². The fraction of sp³-hybridized carbons (Fsp3) is 0.917. The molecule has 0 radical (unpaired) electrons. The number of halogens is 1. The highest BCUT2D eigenvalue weighted by molar-refractivity contribution is 14.0. The Morgan fingerprint density at radius 3 is 2.74 bits per heavy atom. The van der Waals surface area contributed by atoms with Gasteiger partial charge in [-0.1, -0.05) is 0 Å². The van der Waals surface area contributed by atoms with Gasteiger partial charge in [0.1, 0.15) is 0 Å². The smallest absolute Gasteiger partial charge is 0.191 e. The Hall–Kier alpha value is 0.270. The van der Waals surface area contributed by atoms with Crippen molar-refractivity contribution in [2.24, 2.45) is 16.1 Å². The van der Waals surface area contributed by atoms with E-state index in [4.69, 9.17) is 15.6 Å². The van der Waals surface area contributed by atoms with Crippen molar-refractivity contribution < 1.29 is 9.84 Å². The maximum Gasteiger partial charge on any atom is 0.191 e. The lowest BCUT2D eigenvalue weighted by Gasteiger charge is -2.29. The van der Waals surface area contributed by atoms with Crippen LogP contribution in [0.4, 0.5) is 0 Å². The zero-order chi connectivity index (χ0) is 12.8. The summed E-state index contributed by atoms with van der Waals surface area (Å²) in [5.74, 6) is 2.90. The number of ether oxygens (including phenoxy) is 1. The fourth-order valence-electron chi connectivity index (χ4n) is 2.43. The van der Waals surface area contributed by atoms with Gasteiger partial charge in [0.05, 0.1) is 13.2 Å². The van der Waals surface area contributed by atoms with Crippen LogP contribution in [0.25, 0.3) is 0 Å². The molecular weight excluding hydrogens is 377 g/mol. The van der Waals surface area contributed by atoms with Crippen molar-refractivity contribution in [3.63, 3.8) is 0 Å². The van der Waals surface area contributed by atoms with Gasteiger partial charge in [0, 0.05) is 43.2 Å². The Morgan fingerprint density at radius 2 is 2.16 bits per heavy atom. The summed E-state index contributed by atoms with van der Waals surface area (Å²) in [6, 6.07) is 0. The molecule has 2 aliphatic heterocycles. The minimum absolute atomic E-state index is 0. The topological polar surface area (TPSA) is 71.1 Å². The SMILES string of the molecule is I.NC(=NCC1(CCO)CCOC1)N1CCSCC1. The van der Waals surface area contributed by atoms with Crippen LogP contribution in [-0.2, 0) is 4.74 Å². The van der Waals surface area contributed by atoms with E-state index in [1.807, 2.05) is 11.8 Å². The minimum Gasteiger partial charge on any atom is -0.396 e. The number of thioether (sulfide) groups is 1. The highest BCUT2D eigenvalue weighted by Gasteiger charge is 2.34. The van der Waals surface area contributed by atoms with Gasteiger partial charge in [-0.3, -0.25) is 4.99 Å². The van der Waals surface area contributed by atoms with E-state index in [9.17, 15) is 0 Å². The molecule has 2 rings (SSSR count). The number of rotatable bonds is 4. The maximum atomic E-state index is 9.16. The molecule has 19 heavy (non-hydrogen) atoms. The summed E-state index contributed by atoms with van der Waals surface area (Å²) in [6.07, 6.45) is 1.72. The van der Waals surface area contributed by atoms with E-state index in [-0.39, 0.29) is 36.0 Å². The van der Waals surface area contributed by atoms with Crippen molar-refractivity contribution in [3.05, 3.63) is 0 Å². The van der Waals surface area contributed by atoms with E-state index >= 15 is 0 Å². The van der Waals surface area contributed by atoms with Gasteiger partial charge in [-0.15, -0.1) is 24.0 Å². The molecule has 2 heterocycles. The lowest BCUT2D eigenvalue weighted by molar-refractivity contribution is 0.131. The number of guanidine groups is 1. The molecule has 0 aromatic heterocycles. The van der Waals surface area contributed by atoms with Crippen LogP contribution in [0.5, 0.6) is 0 Å². The van der Waals surface area contributed by atoms with Crippen molar-refractivity contribution in [1.29, 1.82) is 0 Å². The second kappa shape index (κ2) is 8.53. The summed E-state index contributed by atoms with van der Waals surface area (Å²) < 4.78 is 5.45. The molecule has 0 aliphatic carbocycles. The van der Waals surface area contributed by atoms with Crippen LogP contribution in [0.15, 0.2) is 4.99 Å². The normalized spacial score (nSPS) is 28.3. The lowest BCUT2D eigenvalue weighted by Crippen LogP contribution is -2.43. The molecular formula is C12H24IN3O2S. The molecule has 0 bridgehead atoms. The Bertz CT molecular complexity index is 293. The van der Waals surface area contributed by atoms with E-state index in [1.165, 1.54) is 0 Å². The van der Waals surface area contributed by atoms with E-state index in [0.29, 0.717) is 19.1 Å². The predicted molar refractivity (Wildman–Crippen MR) is 90.4 cm³/mol. The highest BCUT2D eigenvalue weighted by atomic mass is 127. The first-order valence-electron chi connectivity index (χ1n) is 6.57. The summed E-state index contributed by atoms with van der Waals surface area (Å²) >= 11 is 1.96. The van der Waals surface area contributed by atoms with Gasteiger partial charge < -0.3 is 20.5 Å². The van der Waals surface area contributed by atoms with Crippen LogP contribution in [0.1, 0.15) is 12.8 Å². The van der Waals surface area contributed by atoms with Gasteiger partial charge in [-0.05, 0) is 12.8 Å². The molecule has 2 aliphatic rings. The third-order valence-electron chi connectivity index (χ3n) is 3.74. The fourth-order valence-corrected chi connectivity index (χ4v) is 3.33. The third-order valence-corrected chi connectivity index (χ3v) is 4.68. The van der Waals surface area contributed by atoms with Crippen molar-refractivity contribution >= 4 is 41.7 Å². The molecule has 5 nitrogen and oxygen atoms in total. The van der Waals surface area contributed by atoms with Crippen molar-refractivity contribution in [2.45, 2.75) is 12.8 Å². The average molecular weight is 401 g/mol. The van der Waals surface area contributed by atoms with E-state index < -0.39 is 0 Å². The predicted octanol–water partition coefficient (Wildman–Crippen LogP) is 0.757. The van der Waals surface area contributed by atoms with Crippen molar-refractivity contribution in [2.75, 3.05) is 51.0 Å². The number of aliphatic hydroxyl groups excluding tert-OH is 1. The van der Waals surface area contributed by atoms with Crippen LogP contribution in [-0.4, -0.2) is 66.9 Å². The molecule has 2 saturated heterocycles. The van der Waals surface area contributed by atoms with Crippen LogP contribution in [0, 0.1) is 5.41 Å². The molecule has 0 saturated carbocycles. The summed E-state index contributed by atoms with van der Waals surface area (Å²) in [6.45, 7) is 4.31. The monoisotopic (exact) mass is 401 g/mol. The van der Waals surface area contributed by atoms with Gasteiger partial charge in [-0.2, -0.15) is 11.8 Å². The minimum atomic E-state index is 0. The largest absolute Gasteiger partial charge is 0.396 e. The number of hydrogen-bond acceptors (Lipinski definition) is 4. The van der Waals surface area contributed by atoms with E-state index in [1.54, 1.807) is 0 Å². The van der Waals surface area contributed by atoms with Gasteiger partial charge in [0.15, 0.2) is 5.96 Å². The Labute approximate surface area is 136 Å². The van der Waals surface area contributed by atoms with Crippen molar-refractivity contribution in [3.8, 4) is 0 Å². The summed E-state index contributed by atoms with van der Waals surface area (Å²) in [4.78, 5) is 6.69. The van der Waals surface area contributed by atoms with E-state index in [0.717, 1.165) is 44.0 Å². The molecule has 0 spiro atoms. The number of aliphatic hydroxyl groups is 1. The standard InChI is InChI=1S/C12H23N3O2S.HI/c13-11(15-3-7-18-8-4-15)14-9-12(1-5-16)2-6-17-10-12;/h16H,1-10H2,(H2,13,14);1H. The molecule has 7 heteroatoms. The molecule has 1 atom stereocenters. The van der Waals surface area contributed by atoms with Crippen LogP contribution in [0.3, 0.4) is 0 Å². The first-order valence-corrected chi connectivity index (χ1v) is 7.72. The molecule has 3 N–H and O–H groups in total. The Balaban J connectivity index is 0.00000180. The second-order valence-corrected chi connectivity index (χ2v) is 6.27. The Kier molecular flexibility index (Phi) is 7.78. The lowest BCUT2D eigenvalue weighted by atomic mass is 9.84. The molecule has 0 aromatic rings. The molecule has 2 fully saturated rings. The summed E-state index contributed by atoms with van der Waals surface area (Å²) in [7, 11) is 0. The van der Waals surface area contributed by atoms with Gasteiger partial charge >= 0.3 is 0 Å². The van der Waals surface area contributed by atoms with E-state index in [2.05, 4.69) is 9.89 Å². The molecule has 1 unspecified atom stereocenters. The highest BCUT2D eigenvalue weighted by Crippen LogP contribution is 2.32. The first-order chi connectivity index (χ1) is 8.76. The number of nitrogens with zero attached hydrogens (tertiary/aromatic N) is 2. The quantitative estimate of drug-likeness (QED) is 0.414. The summed E-state index contributed by atoms with van der Waals surface area (Å²) in [5, 5.41) is 9.16. The van der Waals surface area contributed by atoms with Gasteiger partial charge in [-0.25, -0.2) is 0 Å². The zero-order valence-corrected chi connectivity index (χ0v) is 14.4. The van der Waals surface area contributed by atoms with Crippen molar-refractivity contribution in [1.82, 2.24) is 4.90 Å². The van der Waals surface area contributed by atoms with Gasteiger partial charge in [0.25, 0.3) is 0 Å². The Morgan fingerprint density at radius 1 is 1.42 bits per heavy atom. The van der Waals surface area contributed by atoms with Crippen LogP contribution < -0.4 is 5.73 Å². The molecule has 0 aromatic carbocycles. The molecule has 112 valence electrons. The first kappa shape index (κ1) is 17.3. The van der Waals surface area contributed by atoms with Crippen LogP contribution in [0.2, 0.25) is 0 Å². The third kappa shape index (κ3) is 4.95. The van der Waals surface area contributed by atoms with Crippen LogP contribution >= 0.6 is 35.7 Å². The number of nitrogens with two attached hydrogens (primary N) is 1. The average Bonchev–Trinajstić information content (AvgIpc) is 2.87. The maximum absolute atomic E-state index is 9.16. The summed E-state index contributed by atoms with van der Waals surface area (Å²) in [5.41, 5.74) is 6.05.